The molecule has 0 unspecified atom stereocenters. The van der Waals surface area contributed by atoms with Gasteiger partial charge in [-0.25, -0.2) is 9.97 Å². The van der Waals surface area contributed by atoms with Crippen LogP contribution in [-0.2, 0) is 0 Å². The van der Waals surface area contributed by atoms with E-state index in [9.17, 15) is 0 Å². The van der Waals surface area contributed by atoms with Crippen LogP contribution in [0.5, 0.6) is 5.75 Å². The summed E-state index contributed by atoms with van der Waals surface area (Å²) in [6.45, 7) is 0. The van der Waals surface area contributed by atoms with Crippen molar-refractivity contribution in [1.82, 2.24) is 9.97 Å². The Kier molecular flexibility index (Phi) is 3.74. The lowest BCUT2D eigenvalue weighted by molar-refractivity contribution is 0.415. The zero-order chi connectivity index (χ0) is 13.1. The Hall–Kier alpha value is -1.72. The van der Waals surface area contributed by atoms with E-state index < -0.39 is 0 Å². The molecule has 3 N–H and O–H groups in total. The van der Waals surface area contributed by atoms with E-state index in [0.717, 1.165) is 0 Å². The summed E-state index contributed by atoms with van der Waals surface area (Å²) in [5.41, 5.74) is 6.36. The average molecular weight is 285 g/mol. The van der Waals surface area contributed by atoms with Crippen LogP contribution in [-0.4, -0.2) is 17.1 Å². The predicted octanol–water partition coefficient (Wildman–Crippen LogP) is 3.12. The van der Waals surface area contributed by atoms with Crippen molar-refractivity contribution < 1.29 is 4.74 Å². The van der Waals surface area contributed by atoms with Gasteiger partial charge in [0.05, 0.1) is 7.11 Å². The minimum absolute atomic E-state index is 0.253. The summed E-state index contributed by atoms with van der Waals surface area (Å²) < 4.78 is 5.13. The molecular weight excluding hydrogens is 275 g/mol. The number of benzene rings is 1. The monoisotopic (exact) mass is 284 g/mol. The Morgan fingerprint density at radius 3 is 2.44 bits per heavy atom. The van der Waals surface area contributed by atoms with Crippen LogP contribution in [0.15, 0.2) is 24.5 Å². The molecule has 2 aromatic rings. The molecule has 18 heavy (non-hydrogen) atoms. The smallest absolute Gasteiger partial charge is 0.204 e. The fourth-order valence-electron chi connectivity index (χ4n) is 1.44. The van der Waals surface area contributed by atoms with Crippen molar-refractivity contribution in [3.63, 3.8) is 0 Å². The van der Waals surface area contributed by atoms with Crippen LogP contribution >= 0.6 is 23.2 Å². The molecular formula is C11H10Cl2N4O. The summed E-state index contributed by atoms with van der Waals surface area (Å²) in [7, 11) is 1.49. The molecule has 0 saturated heterocycles. The number of nitrogens with one attached hydrogen (secondary N) is 1. The summed E-state index contributed by atoms with van der Waals surface area (Å²) in [4.78, 5) is 7.89. The third-order valence-electron chi connectivity index (χ3n) is 2.16. The highest BCUT2D eigenvalue weighted by Gasteiger charge is 2.10. The first kappa shape index (κ1) is 12.7. The molecule has 0 saturated carbocycles. The number of nitrogen functional groups attached to an aromatic ring is 1. The number of aromatic nitrogens is 2. The first-order chi connectivity index (χ1) is 8.60. The van der Waals surface area contributed by atoms with Crippen LogP contribution in [0.4, 0.5) is 17.3 Å². The Bertz CT molecular complexity index is 557. The number of halogens is 2. The minimum atomic E-state index is 0.253. The van der Waals surface area contributed by atoms with Gasteiger partial charge in [0.2, 0.25) is 5.75 Å². The molecule has 0 aliphatic heterocycles. The van der Waals surface area contributed by atoms with E-state index in [1.807, 2.05) is 0 Å². The fraction of sp³-hybridized carbons (Fsp3) is 0.0909. The van der Waals surface area contributed by atoms with Gasteiger partial charge in [-0.05, 0) is 18.2 Å². The predicted molar refractivity (Wildman–Crippen MR) is 72.7 cm³/mol. The molecule has 5 nitrogen and oxygen atoms in total. The number of rotatable bonds is 3. The zero-order valence-corrected chi connectivity index (χ0v) is 11.0. The topological polar surface area (TPSA) is 73.1 Å². The van der Waals surface area contributed by atoms with Gasteiger partial charge in [-0.1, -0.05) is 23.2 Å². The van der Waals surface area contributed by atoms with Crippen molar-refractivity contribution in [2.45, 2.75) is 0 Å². The van der Waals surface area contributed by atoms with Crippen molar-refractivity contribution >= 4 is 40.5 Å². The average Bonchev–Trinajstić information content (AvgIpc) is 2.27. The van der Waals surface area contributed by atoms with Gasteiger partial charge >= 0.3 is 0 Å². The molecule has 1 aromatic heterocycles. The lowest BCUT2D eigenvalue weighted by atomic mass is 10.3. The summed E-state index contributed by atoms with van der Waals surface area (Å²) >= 11 is 11.8. The molecule has 0 atom stereocenters. The molecule has 94 valence electrons. The summed E-state index contributed by atoms with van der Waals surface area (Å²) in [6, 6.07) is 5.07. The number of nitrogens with zero attached hydrogens (tertiary/aromatic N) is 2. The van der Waals surface area contributed by atoms with Crippen LogP contribution in [0.1, 0.15) is 0 Å². The highest BCUT2D eigenvalue weighted by atomic mass is 35.5. The number of methoxy groups -OCH3 is 1. The van der Waals surface area contributed by atoms with E-state index in [1.54, 1.807) is 18.2 Å². The molecule has 0 fully saturated rings. The van der Waals surface area contributed by atoms with Crippen LogP contribution in [0.2, 0.25) is 10.0 Å². The molecule has 1 aromatic carbocycles. The number of ether oxygens (including phenoxy) is 1. The SMILES string of the molecule is COc1c(N)ncnc1Nc1cc(Cl)cc(Cl)c1. The molecule has 0 radical (unpaired) electrons. The van der Waals surface area contributed by atoms with Crippen LogP contribution in [0.25, 0.3) is 0 Å². The van der Waals surface area contributed by atoms with Crippen molar-refractivity contribution in [3.05, 3.63) is 34.6 Å². The van der Waals surface area contributed by atoms with E-state index in [0.29, 0.717) is 27.3 Å². The highest BCUT2D eigenvalue weighted by molar-refractivity contribution is 6.35. The van der Waals surface area contributed by atoms with Gasteiger partial charge in [-0.3, -0.25) is 0 Å². The summed E-state index contributed by atoms with van der Waals surface area (Å²) in [5.74, 6) is 1.07. The third kappa shape index (κ3) is 2.75. The second kappa shape index (κ2) is 5.29. The fourth-order valence-corrected chi connectivity index (χ4v) is 1.97. The van der Waals surface area contributed by atoms with Crippen molar-refractivity contribution in [2.75, 3.05) is 18.2 Å². The van der Waals surface area contributed by atoms with Crippen molar-refractivity contribution in [1.29, 1.82) is 0 Å². The largest absolute Gasteiger partial charge is 0.490 e. The van der Waals surface area contributed by atoms with Crippen LogP contribution in [0, 0.1) is 0 Å². The minimum Gasteiger partial charge on any atom is -0.490 e. The normalized spacial score (nSPS) is 10.2. The van der Waals surface area contributed by atoms with Crippen molar-refractivity contribution in [3.8, 4) is 5.75 Å². The first-order valence-corrected chi connectivity index (χ1v) is 5.73. The third-order valence-corrected chi connectivity index (χ3v) is 2.60. The van der Waals surface area contributed by atoms with Gasteiger partial charge in [-0.15, -0.1) is 0 Å². The molecule has 0 bridgehead atoms. The van der Waals surface area contributed by atoms with Gasteiger partial charge in [0.25, 0.3) is 0 Å². The van der Waals surface area contributed by atoms with E-state index in [-0.39, 0.29) is 5.82 Å². The van der Waals surface area contributed by atoms with Gasteiger partial charge in [-0.2, -0.15) is 0 Å². The molecule has 0 spiro atoms. The van der Waals surface area contributed by atoms with Gasteiger partial charge in [0.15, 0.2) is 11.6 Å². The first-order valence-electron chi connectivity index (χ1n) is 4.97. The lowest BCUT2D eigenvalue weighted by Crippen LogP contribution is -2.02. The molecule has 1 heterocycles. The van der Waals surface area contributed by atoms with Gasteiger partial charge < -0.3 is 15.8 Å². The molecule has 2 rings (SSSR count). The second-order valence-electron chi connectivity index (χ2n) is 3.42. The highest BCUT2D eigenvalue weighted by Crippen LogP contribution is 2.31. The molecule has 7 heteroatoms. The maximum Gasteiger partial charge on any atom is 0.204 e. The Balaban J connectivity index is 2.36. The Morgan fingerprint density at radius 2 is 1.83 bits per heavy atom. The molecule has 0 aliphatic carbocycles. The molecule has 0 aliphatic rings. The van der Waals surface area contributed by atoms with E-state index in [4.69, 9.17) is 33.7 Å². The lowest BCUT2D eigenvalue weighted by Gasteiger charge is -2.11. The summed E-state index contributed by atoms with van der Waals surface area (Å²) in [5, 5.41) is 4.06. The summed E-state index contributed by atoms with van der Waals surface area (Å²) in [6.07, 6.45) is 1.34. The van der Waals surface area contributed by atoms with Crippen LogP contribution in [0.3, 0.4) is 0 Å². The number of hydrogen-bond donors (Lipinski definition) is 2. The molecule has 0 amide bonds. The van der Waals surface area contributed by atoms with Gasteiger partial charge in [0.1, 0.15) is 6.33 Å². The number of anilines is 3. The maximum atomic E-state index is 5.91. The van der Waals surface area contributed by atoms with E-state index in [2.05, 4.69) is 15.3 Å². The van der Waals surface area contributed by atoms with E-state index >= 15 is 0 Å². The number of nitrogens with two attached hydrogens (primary N) is 1. The standard InChI is InChI=1S/C11H10Cl2N4O/c1-18-9-10(14)15-5-16-11(9)17-8-3-6(12)2-7(13)4-8/h2-5H,1H3,(H3,14,15,16,17). The second-order valence-corrected chi connectivity index (χ2v) is 4.30. The van der Waals surface area contributed by atoms with Gasteiger partial charge in [0, 0.05) is 15.7 Å². The van der Waals surface area contributed by atoms with E-state index in [1.165, 1.54) is 13.4 Å². The number of hydrogen-bond acceptors (Lipinski definition) is 5. The Labute approximate surface area is 114 Å². The maximum absolute atomic E-state index is 5.91. The van der Waals surface area contributed by atoms with Crippen LogP contribution < -0.4 is 15.8 Å². The quantitative estimate of drug-likeness (QED) is 0.906. The van der Waals surface area contributed by atoms with Crippen molar-refractivity contribution in [2.24, 2.45) is 0 Å². The Morgan fingerprint density at radius 1 is 1.17 bits per heavy atom. The zero-order valence-electron chi connectivity index (χ0n) is 9.45.